The lowest BCUT2D eigenvalue weighted by molar-refractivity contribution is -0.117. The van der Waals surface area contributed by atoms with E-state index in [4.69, 9.17) is 21.4 Å². The molecule has 1 unspecified atom stereocenters. The minimum atomic E-state index is -4.34. The van der Waals surface area contributed by atoms with Crippen molar-refractivity contribution in [2.24, 2.45) is 0 Å². The van der Waals surface area contributed by atoms with Gasteiger partial charge in [0.15, 0.2) is 0 Å². The van der Waals surface area contributed by atoms with Crippen molar-refractivity contribution in [2.75, 3.05) is 51.2 Å². The van der Waals surface area contributed by atoms with Crippen LogP contribution in [-0.2, 0) is 18.7 Å². The second-order valence-corrected chi connectivity index (χ2v) is 8.92. The third-order valence-corrected chi connectivity index (χ3v) is 6.00. The van der Waals surface area contributed by atoms with Gasteiger partial charge in [-0.2, -0.15) is 0 Å². The Morgan fingerprint density at radius 1 is 1.07 bits per heavy atom. The summed E-state index contributed by atoms with van der Waals surface area (Å²) in [6.45, 7) is 5.25. The molecule has 0 aromatic heterocycles. The fourth-order valence-corrected chi connectivity index (χ4v) is 3.21. The number of phosphoric acid groups is 1. The minimum absolute atomic E-state index is 0.00546. The topological polar surface area (TPSA) is 110 Å². The molecule has 3 fully saturated rings. The van der Waals surface area contributed by atoms with Crippen molar-refractivity contribution < 1.29 is 28.5 Å². The molecule has 12 heteroatoms. The Balaban J connectivity index is 0.000000183. The van der Waals surface area contributed by atoms with Crippen molar-refractivity contribution in [1.29, 1.82) is 0 Å². The standard InChI is InChI=1S/C12H13N3O2.C3H7BrClO4P/c16-9-7-8(13-1-2-13)12(17)11(15-5-6-15)10(9)14-3-4-14;4-1-3(5)2-9-10(6,7)8/h7H,1-6H2;3H,1-2H2,(H2,6,7,8). The van der Waals surface area contributed by atoms with Crippen LogP contribution >= 0.6 is 35.4 Å². The summed E-state index contributed by atoms with van der Waals surface area (Å²) in [7, 11) is -4.34. The molecule has 1 atom stereocenters. The van der Waals surface area contributed by atoms with Crippen molar-refractivity contribution in [3.8, 4) is 0 Å². The molecule has 27 heavy (non-hydrogen) atoms. The van der Waals surface area contributed by atoms with Crippen molar-refractivity contribution >= 4 is 46.9 Å². The van der Waals surface area contributed by atoms with Crippen LogP contribution in [0.4, 0.5) is 0 Å². The van der Waals surface area contributed by atoms with E-state index in [0.29, 0.717) is 22.4 Å². The van der Waals surface area contributed by atoms with Crippen LogP contribution in [0, 0.1) is 0 Å². The van der Waals surface area contributed by atoms with Crippen LogP contribution in [-0.4, -0.2) is 92.6 Å². The van der Waals surface area contributed by atoms with E-state index in [0.717, 1.165) is 39.3 Å². The van der Waals surface area contributed by atoms with Crippen LogP contribution < -0.4 is 0 Å². The highest BCUT2D eigenvalue weighted by Gasteiger charge is 2.43. The van der Waals surface area contributed by atoms with Gasteiger partial charge in [-0.05, 0) is 0 Å². The minimum Gasteiger partial charge on any atom is -0.365 e. The van der Waals surface area contributed by atoms with Crippen LogP contribution in [0.2, 0.25) is 0 Å². The van der Waals surface area contributed by atoms with E-state index in [9.17, 15) is 14.2 Å². The summed E-state index contributed by atoms with van der Waals surface area (Å²) < 4.78 is 14.1. The summed E-state index contributed by atoms with van der Waals surface area (Å²) in [4.78, 5) is 46.8. The zero-order valence-corrected chi connectivity index (χ0v) is 17.6. The van der Waals surface area contributed by atoms with Crippen molar-refractivity contribution in [3.05, 3.63) is 23.2 Å². The Labute approximate surface area is 169 Å². The van der Waals surface area contributed by atoms with E-state index in [1.807, 2.05) is 14.7 Å². The Kier molecular flexibility index (Phi) is 6.34. The first-order valence-electron chi connectivity index (χ1n) is 8.41. The molecule has 0 amide bonds. The molecular formula is C15H20BrClN3O6P. The molecule has 0 saturated carbocycles. The summed E-state index contributed by atoms with van der Waals surface area (Å²) >= 11 is 8.47. The predicted octanol–water partition coefficient (Wildman–Crippen LogP) is 0.279. The number of phosphoric ester groups is 1. The molecule has 9 nitrogen and oxygen atoms in total. The highest BCUT2D eigenvalue weighted by molar-refractivity contribution is 9.09. The number of allylic oxidation sites excluding steroid dienone is 1. The fourth-order valence-electron chi connectivity index (χ4n) is 2.50. The number of nitrogens with zero attached hydrogens (tertiary/aromatic N) is 3. The second-order valence-electron chi connectivity index (χ2n) is 6.42. The van der Waals surface area contributed by atoms with Gasteiger partial charge in [0.1, 0.15) is 11.4 Å². The molecule has 1 aliphatic carbocycles. The maximum Gasteiger partial charge on any atom is 0.469 e. The quantitative estimate of drug-likeness (QED) is 0.228. The smallest absolute Gasteiger partial charge is 0.365 e. The maximum atomic E-state index is 12.4. The average Bonchev–Trinajstić information content (AvgIpc) is 3.47. The number of hydrogen-bond acceptors (Lipinski definition) is 7. The molecule has 3 saturated heterocycles. The number of carbonyl (C=O) groups excluding carboxylic acids is 2. The van der Waals surface area contributed by atoms with Gasteiger partial charge >= 0.3 is 7.82 Å². The van der Waals surface area contributed by atoms with Gasteiger partial charge in [-0.1, -0.05) is 15.9 Å². The first-order chi connectivity index (χ1) is 12.7. The Hall–Kier alpha value is -0.900. The lowest BCUT2D eigenvalue weighted by Crippen LogP contribution is -2.29. The SMILES string of the molecule is O=C1C=C(N2CC2)C(=O)C(N2CC2)=C1N1CC1.O=P(O)(O)OCC(Cl)CBr. The molecule has 4 aliphatic rings. The molecule has 4 rings (SSSR count). The van der Waals surface area contributed by atoms with Gasteiger partial charge in [0.05, 0.1) is 17.7 Å². The lowest BCUT2D eigenvalue weighted by Gasteiger charge is -2.21. The van der Waals surface area contributed by atoms with Crippen molar-refractivity contribution in [2.45, 2.75) is 5.38 Å². The zero-order valence-electron chi connectivity index (χ0n) is 14.4. The number of alkyl halides is 2. The highest BCUT2D eigenvalue weighted by atomic mass is 79.9. The molecule has 150 valence electrons. The zero-order chi connectivity index (χ0) is 19.8. The first-order valence-corrected chi connectivity index (χ1v) is 11.5. The predicted molar refractivity (Wildman–Crippen MR) is 101 cm³/mol. The van der Waals surface area contributed by atoms with Crippen LogP contribution in [0.5, 0.6) is 0 Å². The van der Waals surface area contributed by atoms with Crippen molar-refractivity contribution in [1.82, 2.24) is 14.7 Å². The second kappa shape index (κ2) is 8.23. The third kappa shape index (κ3) is 5.79. The molecule has 0 aromatic rings. The van der Waals surface area contributed by atoms with E-state index >= 15 is 0 Å². The van der Waals surface area contributed by atoms with Gasteiger partial charge in [-0.25, -0.2) is 4.57 Å². The van der Waals surface area contributed by atoms with Gasteiger partial charge in [-0.3, -0.25) is 14.1 Å². The van der Waals surface area contributed by atoms with E-state index < -0.39 is 13.2 Å². The molecule has 0 aromatic carbocycles. The van der Waals surface area contributed by atoms with Crippen LogP contribution in [0.25, 0.3) is 0 Å². The summed E-state index contributed by atoms with van der Waals surface area (Å²) in [5, 5.41) is 0.0294. The molecule has 0 radical (unpaired) electrons. The Morgan fingerprint density at radius 2 is 1.59 bits per heavy atom. The van der Waals surface area contributed by atoms with Crippen LogP contribution in [0.3, 0.4) is 0 Å². The van der Waals surface area contributed by atoms with E-state index in [1.165, 1.54) is 6.08 Å². The number of carbonyl (C=O) groups is 2. The molecule has 3 aliphatic heterocycles. The number of ketones is 2. The number of Topliss-reactive ketones (excluding diaryl/α,β-unsaturated/α-hetero) is 1. The summed E-state index contributed by atoms with van der Waals surface area (Å²) in [5.41, 5.74) is 1.89. The maximum absolute atomic E-state index is 12.4. The average molecular weight is 485 g/mol. The Bertz CT molecular complexity index is 742. The third-order valence-electron chi connectivity index (χ3n) is 4.08. The normalized spacial score (nSPS) is 22.4. The van der Waals surface area contributed by atoms with Crippen LogP contribution in [0.1, 0.15) is 0 Å². The summed E-state index contributed by atoms with van der Waals surface area (Å²) in [5.74, 6) is 0.0485. The highest BCUT2D eigenvalue weighted by Crippen LogP contribution is 2.36. The van der Waals surface area contributed by atoms with Gasteiger partial charge < -0.3 is 24.5 Å². The Morgan fingerprint density at radius 3 is 2.04 bits per heavy atom. The van der Waals surface area contributed by atoms with Gasteiger partial charge in [0.25, 0.3) is 0 Å². The number of hydrogen-bond donors (Lipinski definition) is 2. The lowest BCUT2D eigenvalue weighted by atomic mass is 10.0. The van der Waals surface area contributed by atoms with Gasteiger partial charge in [0, 0.05) is 50.7 Å². The molecule has 3 heterocycles. The fraction of sp³-hybridized carbons (Fsp3) is 0.600. The molecule has 0 bridgehead atoms. The van der Waals surface area contributed by atoms with E-state index in [1.54, 1.807) is 0 Å². The van der Waals surface area contributed by atoms with Gasteiger partial charge in [0.2, 0.25) is 11.6 Å². The van der Waals surface area contributed by atoms with Gasteiger partial charge in [-0.15, -0.1) is 11.6 Å². The summed E-state index contributed by atoms with van der Waals surface area (Å²) in [6, 6.07) is 0. The monoisotopic (exact) mass is 483 g/mol. The first kappa shape index (κ1) is 20.8. The van der Waals surface area contributed by atoms with E-state index in [-0.39, 0.29) is 18.2 Å². The molecule has 2 N–H and O–H groups in total. The van der Waals surface area contributed by atoms with E-state index in [2.05, 4.69) is 20.5 Å². The molecule has 0 spiro atoms. The largest absolute Gasteiger partial charge is 0.469 e. The van der Waals surface area contributed by atoms with Crippen molar-refractivity contribution in [3.63, 3.8) is 0 Å². The summed E-state index contributed by atoms with van der Waals surface area (Å²) in [6.07, 6.45) is 1.52. The number of rotatable bonds is 7. The van der Waals surface area contributed by atoms with Crippen LogP contribution in [0.15, 0.2) is 23.2 Å². The number of halogens is 2. The molecular weight excluding hydrogens is 465 g/mol.